The first-order valence-corrected chi connectivity index (χ1v) is 9.66. The van der Waals surface area contributed by atoms with Crippen LogP contribution in [0.4, 0.5) is 5.69 Å². The molecule has 2 aromatic rings. The number of ether oxygens (including phenoxy) is 1. The topological polar surface area (TPSA) is 89.8 Å². The smallest absolute Gasteiger partial charge is 0.309 e. The second kappa shape index (κ2) is 8.86. The van der Waals surface area contributed by atoms with Crippen LogP contribution in [-0.4, -0.2) is 34.8 Å². The molecule has 0 saturated carbocycles. The number of non-ortho nitro benzene ring substituents is 1. The van der Waals surface area contributed by atoms with Crippen molar-refractivity contribution < 1.29 is 19.2 Å². The van der Waals surface area contributed by atoms with Crippen molar-refractivity contribution in [2.75, 3.05) is 13.1 Å². The summed E-state index contributed by atoms with van der Waals surface area (Å²) in [6, 6.07) is 13.6. The predicted octanol–water partition coefficient (Wildman–Crippen LogP) is 4.06. The molecule has 1 atom stereocenters. The van der Waals surface area contributed by atoms with Gasteiger partial charge in [0.05, 0.1) is 10.8 Å². The first-order chi connectivity index (χ1) is 13.9. The molecular weight excluding hydrogens is 372 g/mol. The highest BCUT2D eigenvalue weighted by molar-refractivity contribution is 5.95. The zero-order chi connectivity index (χ0) is 21.0. The van der Waals surface area contributed by atoms with Crippen LogP contribution in [0.25, 0.3) is 0 Å². The van der Waals surface area contributed by atoms with Gasteiger partial charge in [-0.1, -0.05) is 30.3 Å². The van der Waals surface area contributed by atoms with Gasteiger partial charge in [0.15, 0.2) is 0 Å². The molecule has 1 heterocycles. The summed E-state index contributed by atoms with van der Waals surface area (Å²) in [7, 11) is 0. The van der Waals surface area contributed by atoms with Gasteiger partial charge in [-0.05, 0) is 43.9 Å². The molecule has 0 N–H and O–H groups in total. The molecule has 1 fully saturated rings. The fraction of sp³-hybridized carbons (Fsp3) is 0.364. The van der Waals surface area contributed by atoms with Gasteiger partial charge in [-0.3, -0.25) is 19.7 Å². The number of rotatable bonds is 5. The number of nitrogens with zero attached hydrogens (tertiary/aromatic N) is 2. The van der Waals surface area contributed by atoms with E-state index in [1.165, 1.54) is 12.1 Å². The molecule has 7 nitrogen and oxygen atoms in total. The van der Waals surface area contributed by atoms with Crippen molar-refractivity contribution in [3.05, 3.63) is 75.3 Å². The third-order valence-electron chi connectivity index (χ3n) is 5.33. The zero-order valence-corrected chi connectivity index (χ0v) is 16.5. The summed E-state index contributed by atoms with van der Waals surface area (Å²) in [5.41, 5.74) is 2.17. The first kappa shape index (κ1) is 20.5. The number of hydrogen-bond donors (Lipinski definition) is 0. The second-order valence-electron chi connectivity index (χ2n) is 7.31. The molecule has 3 rings (SSSR count). The van der Waals surface area contributed by atoms with Gasteiger partial charge in [0, 0.05) is 30.8 Å². The van der Waals surface area contributed by atoms with Gasteiger partial charge in [-0.25, -0.2) is 0 Å². The third-order valence-corrected chi connectivity index (χ3v) is 5.33. The van der Waals surface area contributed by atoms with E-state index in [2.05, 4.69) is 0 Å². The van der Waals surface area contributed by atoms with Crippen LogP contribution in [0.3, 0.4) is 0 Å². The number of piperidine rings is 1. The van der Waals surface area contributed by atoms with Crippen molar-refractivity contribution in [1.29, 1.82) is 0 Å². The Kier molecular flexibility index (Phi) is 6.26. The van der Waals surface area contributed by atoms with Crippen molar-refractivity contribution in [3.8, 4) is 0 Å². The van der Waals surface area contributed by atoms with E-state index in [-0.39, 0.29) is 23.5 Å². The van der Waals surface area contributed by atoms with E-state index in [1.807, 2.05) is 31.2 Å². The molecule has 2 aromatic carbocycles. The minimum Gasteiger partial charge on any atom is -0.458 e. The molecule has 0 radical (unpaired) electrons. The lowest BCUT2D eigenvalue weighted by atomic mass is 9.96. The van der Waals surface area contributed by atoms with Gasteiger partial charge in [-0.2, -0.15) is 0 Å². The number of likely N-dealkylation sites (tertiary alicyclic amines) is 1. The highest BCUT2D eigenvalue weighted by Crippen LogP contribution is 2.26. The third kappa shape index (κ3) is 4.80. The summed E-state index contributed by atoms with van der Waals surface area (Å²) in [5, 5.41) is 10.9. The molecule has 0 spiro atoms. The molecule has 1 amide bonds. The number of carbonyl (C=O) groups is 2. The van der Waals surface area contributed by atoms with E-state index in [4.69, 9.17) is 4.74 Å². The Balaban J connectivity index is 1.56. The van der Waals surface area contributed by atoms with Crippen molar-refractivity contribution in [1.82, 2.24) is 4.90 Å². The van der Waals surface area contributed by atoms with Gasteiger partial charge < -0.3 is 9.64 Å². The van der Waals surface area contributed by atoms with E-state index in [9.17, 15) is 19.7 Å². The molecule has 0 bridgehead atoms. The van der Waals surface area contributed by atoms with Crippen molar-refractivity contribution in [3.63, 3.8) is 0 Å². The highest BCUT2D eigenvalue weighted by Gasteiger charge is 2.30. The van der Waals surface area contributed by atoms with Crippen LogP contribution in [0, 0.1) is 23.0 Å². The summed E-state index contributed by atoms with van der Waals surface area (Å²) in [4.78, 5) is 37.5. The van der Waals surface area contributed by atoms with Crippen LogP contribution in [-0.2, 0) is 9.53 Å². The summed E-state index contributed by atoms with van der Waals surface area (Å²) >= 11 is 0. The minimum absolute atomic E-state index is 0.0140. The molecule has 1 aliphatic rings. The normalized spacial score (nSPS) is 15.6. The summed E-state index contributed by atoms with van der Waals surface area (Å²) in [5.74, 6) is -0.621. The van der Waals surface area contributed by atoms with Crippen molar-refractivity contribution >= 4 is 17.6 Å². The van der Waals surface area contributed by atoms with Gasteiger partial charge in [0.1, 0.15) is 6.10 Å². The van der Waals surface area contributed by atoms with Gasteiger partial charge >= 0.3 is 5.97 Å². The monoisotopic (exact) mass is 396 g/mol. The molecule has 29 heavy (non-hydrogen) atoms. The Hall–Kier alpha value is -3.22. The van der Waals surface area contributed by atoms with Gasteiger partial charge in [0.2, 0.25) is 0 Å². The lowest BCUT2D eigenvalue weighted by Gasteiger charge is -2.31. The quantitative estimate of drug-likeness (QED) is 0.432. The number of carbonyl (C=O) groups excluding carboxylic acids is 2. The number of hydrogen-bond acceptors (Lipinski definition) is 5. The Bertz CT molecular complexity index is 919. The van der Waals surface area contributed by atoms with Crippen molar-refractivity contribution in [2.45, 2.75) is 32.8 Å². The highest BCUT2D eigenvalue weighted by atomic mass is 16.6. The zero-order valence-electron chi connectivity index (χ0n) is 16.5. The number of esters is 1. The Morgan fingerprint density at radius 2 is 1.83 bits per heavy atom. The molecule has 7 heteroatoms. The van der Waals surface area contributed by atoms with E-state index in [0.717, 1.165) is 5.56 Å². The predicted molar refractivity (Wildman–Crippen MR) is 107 cm³/mol. The maximum Gasteiger partial charge on any atom is 0.309 e. The molecule has 0 unspecified atom stereocenters. The average Bonchev–Trinajstić information content (AvgIpc) is 2.73. The van der Waals surface area contributed by atoms with Crippen LogP contribution in [0.15, 0.2) is 48.5 Å². The Morgan fingerprint density at radius 1 is 1.14 bits per heavy atom. The largest absolute Gasteiger partial charge is 0.458 e. The Morgan fingerprint density at radius 3 is 2.48 bits per heavy atom. The lowest BCUT2D eigenvalue weighted by Crippen LogP contribution is -2.41. The van der Waals surface area contributed by atoms with E-state index in [0.29, 0.717) is 37.1 Å². The summed E-state index contributed by atoms with van der Waals surface area (Å²) in [6.45, 7) is 4.61. The molecular formula is C22H24N2O5. The molecule has 1 saturated heterocycles. The minimum atomic E-state index is -0.575. The standard InChI is InChI=1S/C22H24N2O5/c1-15-6-3-4-9-20(15)21(25)23-12-10-17(11-13-23)22(26)29-16(2)18-7-5-8-19(14-18)24(27)28/h3-9,14,16-17H,10-13H2,1-2H3/t16-/m0/s1. The number of nitro groups is 1. The Labute approximate surface area is 169 Å². The maximum atomic E-state index is 12.7. The van der Waals surface area contributed by atoms with E-state index in [1.54, 1.807) is 24.0 Å². The molecule has 0 aliphatic carbocycles. The van der Waals surface area contributed by atoms with Gasteiger partial charge in [0.25, 0.3) is 11.6 Å². The number of amides is 1. The lowest BCUT2D eigenvalue weighted by molar-refractivity contribution is -0.385. The average molecular weight is 396 g/mol. The number of benzene rings is 2. The SMILES string of the molecule is Cc1ccccc1C(=O)N1CCC(C(=O)O[C@@H](C)c2cccc([N+](=O)[O-])c2)CC1. The van der Waals surface area contributed by atoms with E-state index >= 15 is 0 Å². The fourth-order valence-electron chi connectivity index (χ4n) is 3.53. The van der Waals surface area contributed by atoms with Gasteiger partial charge in [-0.15, -0.1) is 0 Å². The molecule has 1 aliphatic heterocycles. The van der Waals surface area contributed by atoms with Crippen LogP contribution < -0.4 is 0 Å². The van der Waals surface area contributed by atoms with Crippen LogP contribution in [0.2, 0.25) is 0 Å². The van der Waals surface area contributed by atoms with Crippen LogP contribution >= 0.6 is 0 Å². The van der Waals surface area contributed by atoms with Crippen LogP contribution in [0.1, 0.15) is 47.4 Å². The molecule has 0 aromatic heterocycles. The van der Waals surface area contributed by atoms with E-state index < -0.39 is 11.0 Å². The van der Waals surface area contributed by atoms with Crippen LogP contribution in [0.5, 0.6) is 0 Å². The maximum absolute atomic E-state index is 12.7. The second-order valence-corrected chi connectivity index (χ2v) is 7.31. The first-order valence-electron chi connectivity index (χ1n) is 9.66. The fourth-order valence-corrected chi connectivity index (χ4v) is 3.53. The number of aryl methyl sites for hydroxylation is 1. The number of nitro benzene ring substituents is 1. The summed E-state index contributed by atoms with van der Waals surface area (Å²) < 4.78 is 5.55. The van der Waals surface area contributed by atoms with Crippen molar-refractivity contribution in [2.24, 2.45) is 5.92 Å². The molecule has 152 valence electrons. The summed E-state index contributed by atoms with van der Waals surface area (Å²) in [6.07, 6.45) is 0.505.